The van der Waals surface area contributed by atoms with E-state index in [1.807, 2.05) is 0 Å². The number of nitrogens with zero attached hydrogens (tertiary/aromatic N) is 2. The van der Waals surface area contributed by atoms with Gasteiger partial charge in [0.1, 0.15) is 5.82 Å². The maximum Gasteiger partial charge on any atom is 0.340 e. The van der Waals surface area contributed by atoms with Crippen LogP contribution in [-0.4, -0.2) is 40.8 Å². The summed E-state index contributed by atoms with van der Waals surface area (Å²) in [5, 5.41) is 6.52. The molecule has 0 saturated heterocycles. The predicted molar refractivity (Wildman–Crippen MR) is 88.4 cm³/mol. The van der Waals surface area contributed by atoms with Gasteiger partial charge in [-0.05, 0) is 48.9 Å². The molecule has 0 atom stereocenters. The van der Waals surface area contributed by atoms with Gasteiger partial charge >= 0.3 is 5.69 Å². The molecule has 0 unspecified atom stereocenters. The van der Waals surface area contributed by atoms with Crippen LogP contribution in [0.5, 0.6) is 11.5 Å². The van der Waals surface area contributed by atoms with E-state index in [4.69, 9.17) is 9.47 Å². The molecule has 24 heavy (non-hydrogen) atoms. The quantitative estimate of drug-likeness (QED) is 0.889. The van der Waals surface area contributed by atoms with Gasteiger partial charge in [-0.2, -0.15) is 5.10 Å². The molecule has 0 bridgehead atoms. The van der Waals surface area contributed by atoms with Gasteiger partial charge in [-0.1, -0.05) is 0 Å². The van der Waals surface area contributed by atoms with Gasteiger partial charge in [-0.15, -0.1) is 0 Å². The molecule has 1 spiro atoms. The molecule has 2 N–H and O–H groups in total. The van der Waals surface area contributed by atoms with Crippen molar-refractivity contribution in [2.75, 3.05) is 20.8 Å². The van der Waals surface area contributed by atoms with Gasteiger partial charge in [0.2, 0.25) is 0 Å². The third-order valence-corrected chi connectivity index (χ3v) is 5.44. The molecular weight excluding hydrogens is 308 g/mol. The van der Waals surface area contributed by atoms with Gasteiger partial charge in [-0.25, -0.2) is 9.89 Å². The fraction of sp³-hybridized carbons (Fsp3) is 0.529. The minimum Gasteiger partial charge on any atom is -0.493 e. The number of hydrogen-bond donors (Lipinski definition) is 2. The minimum absolute atomic E-state index is 0.0168. The molecule has 1 saturated carbocycles. The van der Waals surface area contributed by atoms with Crippen LogP contribution in [0.4, 0.5) is 0 Å². The van der Waals surface area contributed by atoms with Crippen LogP contribution in [0.25, 0.3) is 0 Å². The first kappa shape index (κ1) is 15.3. The summed E-state index contributed by atoms with van der Waals surface area (Å²) in [6.07, 6.45) is 4.39. The highest BCUT2D eigenvalue weighted by molar-refractivity contribution is 5.51. The molecule has 2 aliphatic rings. The van der Waals surface area contributed by atoms with Crippen molar-refractivity contribution in [2.45, 2.75) is 37.8 Å². The Morgan fingerprint density at radius 3 is 2.58 bits per heavy atom. The Balaban J connectivity index is 1.73. The molecule has 0 radical (unpaired) electrons. The van der Waals surface area contributed by atoms with Gasteiger partial charge in [0.25, 0.3) is 0 Å². The molecule has 2 aromatic rings. The molecule has 1 aromatic heterocycles. The van der Waals surface area contributed by atoms with Crippen LogP contribution in [0, 0.1) is 0 Å². The summed E-state index contributed by atoms with van der Waals surface area (Å²) >= 11 is 0. The summed E-state index contributed by atoms with van der Waals surface area (Å²) in [6, 6.07) is 4.24. The Morgan fingerprint density at radius 2 is 2.00 bits per heavy atom. The predicted octanol–water partition coefficient (Wildman–Crippen LogP) is 1.55. The molecule has 128 valence electrons. The van der Waals surface area contributed by atoms with Gasteiger partial charge in [0.05, 0.1) is 20.8 Å². The second-order valence-electron chi connectivity index (χ2n) is 6.55. The van der Waals surface area contributed by atoms with Crippen LogP contribution in [0.2, 0.25) is 0 Å². The zero-order valence-electron chi connectivity index (χ0n) is 14.0. The lowest BCUT2D eigenvalue weighted by molar-refractivity contribution is -0.00664. The molecule has 1 aliphatic carbocycles. The average Bonchev–Trinajstić information content (AvgIpc) is 2.96. The maximum atomic E-state index is 11.3. The topological polar surface area (TPSA) is 83.2 Å². The molecule has 0 amide bonds. The van der Waals surface area contributed by atoms with E-state index in [2.05, 4.69) is 32.2 Å². The van der Waals surface area contributed by atoms with Crippen LogP contribution in [0.15, 0.2) is 16.9 Å². The first-order chi connectivity index (χ1) is 11.7. The highest BCUT2D eigenvalue weighted by Gasteiger charge is 2.47. The van der Waals surface area contributed by atoms with Crippen LogP contribution in [0.3, 0.4) is 0 Å². The zero-order chi connectivity index (χ0) is 16.7. The fourth-order valence-electron chi connectivity index (χ4n) is 4.09. The molecule has 2 heterocycles. The van der Waals surface area contributed by atoms with E-state index < -0.39 is 0 Å². The summed E-state index contributed by atoms with van der Waals surface area (Å²) in [5.74, 6) is 2.25. The third-order valence-electron chi connectivity index (χ3n) is 5.44. The number of fused-ring (bicyclic) bond motifs is 2. The molecule has 1 fully saturated rings. The smallest absolute Gasteiger partial charge is 0.340 e. The number of methoxy groups -OCH3 is 2. The van der Waals surface area contributed by atoms with Gasteiger partial charge < -0.3 is 9.47 Å². The Kier molecular flexibility index (Phi) is 3.60. The van der Waals surface area contributed by atoms with E-state index in [0.717, 1.165) is 37.3 Å². The lowest BCUT2D eigenvalue weighted by atomic mass is 9.66. The number of aromatic amines is 2. The van der Waals surface area contributed by atoms with Gasteiger partial charge in [0.15, 0.2) is 11.5 Å². The van der Waals surface area contributed by atoms with E-state index in [1.165, 1.54) is 17.5 Å². The first-order valence-electron chi connectivity index (χ1n) is 8.30. The standard InChI is InChI=1S/C17H22N4O3/c1-23-13-8-11-4-7-21(10-15-18-16(22)20-19-15)17(5-3-6-17)12(11)9-14(13)24-2/h8-9H,3-7,10H2,1-2H3,(H2,18,19,20,22). The van der Waals surface area contributed by atoms with Crippen LogP contribution in [-0.2, 0) is 18.5 Å². The second kappa shape index (κ2) is 5.66. The number of rotatable bonds is 4. The number of nitrogens with one attached hydrogen (secondary N) is 2. The van der Waals surface area contributed by atoms with Crippen LogP contribution >= 0.6 is 0 Å². The van der Waals surface area contributed by atoms with Gasteiger partial charge in [0, 0.05) is 12.1 Å². The lowest BCUT2D eigenvalue weighted by Crippen LogP contribution is -2.54. The van der Waals surface area contributed by atoms with E-state index in [-0.39, 0.29) is 11.2 Å². The third kappa shape index (κ3) is 2.23. The van der Waals surface area contributed by atoms with Crippen LogP contribution < -0.4 is 15.2 Å². The Morgan fingerprint density at radius 1 is 1.25 bits per heavy atom. The molecule has 1 aliphatic heterocycles. The molecular formula is C17H22N4O3. The molecule has 7 nitrogen and oxygen atoms in total. The number of hydrogen-bond acceptors (Lipinski definition) is 5. The van der Waals surface area contributed by atoms with E-state index >= 15 is 0 Å². The maximum absolute atomic E-state index is 11.3. The summed E-state index contributed by atoms with van der Waals surface area (Å²) in [6.45, 7) is 1.59. The fourth-order valence-corrected chi connectivity index (χ4v) is 4.09. The van der Waals surface area contributed by atoms with E-state index in [9.17, 15) is 4.79 Å². The number of benzene rings is 1. The first-order valence-corrected chi connectivity index (χ1v) is 8.30. The van der Waals surface area contributed by atoms with Crippen molar-refractivity contribution >= 4 is 0 Å². The summed E-state index contributed by atoms with van der Waals surface area (Å²) in [7, 11) is 3.35. The zero-order valence-corrected chi connectivity index (χ0v) is 14.0. The second-order valence-corrected chi connectivity index (χ2v) is 6.55. The molecule has 1 aromatic carbocycles. The molecule has 7 heteroatoms. The Labute approximate surface area is 140 Å². The van der Waals surface area contributed by atoms with Crippen molar-refractivity contribution in [3.05, 3.63) is 39.6 Å². The van der Waals surface area contributed by atoms with Crippen molar-refractivity contribution in [1.29, 1.82) is 0 Å². The minimum atomic E-state index is -0.253. The molecule has 4 rings (SSSR count). The Bertz CT molecular complexity index is 806. The highest BCUT2D eigenvalue weighted by atomic mass is 16.5. The van der Waals surface area contributed by atoms with Crippen molar-refractivity contribution in [3.8, 4) is 11.5 Å². The van der Waals surface area contributed by atoms with Crippen molar-refractivity contribution in [2.24, 2.45) is 0 Å². The largest absolute Gasteiger partial charge is 0.493 e. The SMILES string of the molecule is COc1cc2c(cc1OC)C1(CCC1)N(Cc1n[nH]c(=O)[nH]1)CC2. The number of H-pyrrole nitrogens is 2. The van der Waals surface area contributed by atoms with Crippen molar-refractivity contribution < 1.29 is 9.47 Å². The normalized spacial score (nSPS) is 18.9. The average molecular weight is 330 g/mol. The summed E-state index contributed by atoms with van der Waals surface area (Å²) in [5.41, 5.74) is 2.43. The number of aromatic nitrogens is 3. The number of ether oxygens (including phenoxy) is 2. The summed E-state index contributed by atoms with van der Waals surface area (Å²) in [4.78, 5) is 16.5. The Hall–Kier alpha value is -2.28. The van der Waals surface area contributed by atoms with Crippen LogP contribution in [0.1, 0.15) is 36.2 Å². The van der Waals surface area contributed by atoms with E-state index in [0.29, 0.717) is 12.4 Å². The lowest BCUT2D eigenvalue weighted by Gasteiger charge is -2.54. The van der Waals surface area contributed by atoms with Gasteiger partial charge in [-0.3, -0.25) is 9.88 Å². The monoisotopic (exact) mass is 330 g/mol. The van der Waals surface area contributed by atoms with Crippen molar-refractivity contribution in [3.63, 3.8) is 0 Å². The summed E-state index contributed by atoms with van der Waals surface area (Å²) < 4.78 is 11.0. The van der Waals surface area contributed by atoms with Crippen molar-refractivity contribution in [1.82, 2.24) is 20.1 Å². The van der Waals surface area contributed by atoms with E-state index in [1.54, 1.807) is 14.2 Å². The highest BCUT2D eigenvalue weighted by Crippen LogP contribution is 2.52.